The summed E-state index contributed by atoms with van der Waals surface area (Å²) in [6, 6.07) is -0.180. The third-order valence-electron chi connectivity index (χ3n) is 4.90. The lowest BCUT2D eigenvalue weighted by molar-refractivity contribution is -0.141. The number of hydrogen-bond acceptors (Lipinski definition) is 4. The first-order chi connectivity index (χ1) is 12.2. The molecule has 0 aliphatic carbocycles. The van der Waals surface area contributed by atoms with E-state index in [-0.39, 0.29) is 43.6 Å². The van der Waals surface area contributed by atoms with Gasteiger partial charge in [0.25, 0.3) is 5.91 Å². The second-order valence-electron chi connectivity index (χ2n) is 6.51. The third kappa shape index (κ3) is 3.55. The predicted octanol–water partition coefficient (Wildman–Crippen LogP) is 2.30. The number of halogens is 3. The summed E-state index contributed by atoms with van der Waals surface area (Å²) in [7, 11) is 0. The van der Waals surface area contributed by atoms with Gasteiger partial charge < -0.3 is 14.9 Å². The molecular formula is C16H17F3N2O4S. The van der Waals surface area contributed by atoms with E-state index < -0.39 is 29.5 Å². The standard InChI is InChI=1S/C16H17F3N2O4S/c17-16(18,19)12-8-26-7-11(12)14(23)20-3-1-10(2-4-20)21-6-9(15(24)25)5-13(21)22/h7-10H,1-6H2,(H,24,25). The number of thiophene rings is 1. The minimum atomic E-state index is -4.57. The number of rotatable bonds is 3. The minimum absolute atomic E-state index is 0.0294. The molecule has 26 heavy (non-hydrogen) atoms. The van der Waals surface area contributed by atoms with Crippen LogP contribution in [0.3, 0.4) is 0 Å². The topological polar surface area (TPSA) is 77.9 Å². The summed E-state index contributed by atoms with van der Waals surface area (Å²) < 4.78 is 38.9. The van der Waals surface area contributed by atoms with Crippen molar-refractivity contribution in [1.82, 2.24) is 9.80 Å². The first-order valence-corrected chi connectivity index (χ1v) is 9.07. The van der Waals surface area contributed by atoms with E-state index in [4.69, 9.17) is 5.11 Å². The first kappa shape index (κ1) is 18.7. The van der Waals surface area contributed by atoms with Gasteiger partial charge in [-0.25, -0.2) is 0 Å². The Kier molecular flexibility index (Phi) is 4.96. The molecule has 1 atom stereocenters. The predicted molar refractivity (Wildman–Crippen MR) is 85.7 cm³/mol. The molecule has 0 spiro atoms. The number of carbonyl (C=O) groups is 3. The Morgan fingerprint density at radius 3 is 2.38 bits per heavy atom. The van der Waals surface area contributed by atoms with Crippen molar-refractivity contribution in [3.63, 3.8) is 0 Å². The maximum absolute atomic E-state index is 13.0. The summed E-state index contributed by atoms with van der Waals surface area (Å²) in [6.45, 7) is 0.617. The molecule has 2 amide bonds. The van der Waals surface area contributed by atoms with Crippen molar-refractivity contribution in [2.75, 3.05) is 19.6 Å². The smallest absolute Gasteiger partial charge is 0.417 e. The van der Waals surface area contributed by atoms with Crippen molar-refractivity contribution >= 4 is 29.1 Å². The van der Waals surface area contributed by atoms with Crippen LogP contribution in [0.2, 0.25) is 0 Å². The average molecular weight is 390 g/mol. The molecule has 1 aromatic heterocycles. The van der Waals surface area contributed by atoms with Crippen LogP contribution in [0.4, 0.5) is 13.2 Å². The first-order valence-electron chi connectivity index (χ1n) is 8.13. The highest BCUT2D eigenvalue weighted by Gasteiger charge is 2.41. The summed E-state index contributed by atoms with van der Waals surface area (Å²) >= 11 is 0.834. The van der Waals surface area contributed by atoms with Gasteiger partial charge >= 0.3 is 12.1 Å². The van der Waals surface area contributed by atoms with Gasteiger partial charge in [-0.2, -0.15) is 24.5 Å². The van der Waals surface area contributed by atoms with Gasteiger partial charge in [-0.1, -0.05) is 0 Å². The molecule has 142 valence electrons. The number of carboxylic acids is 1. The van der Waals surface area contributed by atoms with Crippen molar-refractivity contribution < 1.29 is 32.7 Å². The van der Waals surface area contributed by atoms with Gasteiger partial charge in [0.05, 0.1) is 17.0 Å². The molecule has 2 saturated heterocycles. The number of piperidine rings is 1. The quantitative estimate of drug-likeness (QED) is 0.859. The van der Waals surface area contributed by atoms with E-state index in [0.717, 1.165) is 16.7 Å². The molecule has 3 heterocycles. The van der Waals surface area contributed by atoms with Gasteiger partial charge in [-0.05, 0) is 12.8 Å². The van der Waals surface area contributed by atoms with Crippen molar-refractivity contribution in [2.45, 2.75) is 31.5 Å². The molecule has 2 aliphatic heterocycles. The van der Waals surface area contributed by atoms with Crippen molar-refractivity contribution in [2.24, 2.45) is 5.92 Å². The summed E-state index contributed by atoms with van der Waals surface area (Å²) in [5.74, 6) is -2.61. The molecule has 1 unspecified atom stereocenters. The minimum Gasteiger partial charge on any atom is -0.481 e. The Morgan fingerprint density at radius 2 is 1.85 bits per heavy atom. The average Bonchev–Trinajstić information content (AvgIpc) is 3.21. The number of aliphatic carboxylic acids is 1. The molecule has 2 fully saturated rings. The highest BCUT2D eigenvalue weighted by molar-refractivity contribution is 7.08. The largest absolute Gasteiger partial charge is 0.481 e. The SMILES string of the molecule is O=C(O)C1CC(=O)N(C2CCN(C(=O)c3cscc3C(F)(F)F)CC2)C1. The lowest BCUT2D eigenvalue weighted by atomic mass is 10.0. The van der Waals surface area contributed by atoms with Crippen molar-refractivity contribution in [1.29, 1.82) is 0 Å². The fourth-order valence-corrected chi connectivity index (χ4v) is 4.31. The van der Waals surface area contributed by atoms with E-state index in [1.807, 2.05) is 0 Å². The van der Waals surface area contributed by atoms with Gasteiger partial charge in [0.2, 0.25) is 5.91 Å². The van der Waals surface area contributed by atoms with Crippen LogP contribution in [0.25, 0.3) is 0 Å². The highest BCUT2D eigenvalue weighted by atomic mass is 32.1. The summed E-state index contributed by atoms with van der Waals surface area (Å²) in [5.41, 5.74) is -1.27. The van der Waals surface area contributed by atoms with Crippen molar-refractivity contribution in [3.05, 3.63) is 21.9 Å². The van der Waals surface area contributed by atoms with E-state index in [9.17, 15) is 27.6 Å². The van der Waals surface area contributed by atoms with E-state index in [2.05, 4.69) is 0 Å². The van der Waals surface area contributed by atoms with Gasteiger partial charge in [-0.3, -0.25) is 14.4 Å². The zero-order chi connectivity index (χ0) is 19.1. The Morgan fingerprint density at radius 1 is 1.19 bits per heavy atom. The van der Waals surface area contributed by atoms with Crippen LogP contribution < -0.4 is 0 Å². The van der Waals surface area contributed by atoms with Crippen LogP contribution in [0, 0.1) is 5.92 Å². The van der Waals surface area contributed by atoms with E-state index in [0.29, 0.717) is 12.8 Å². The van der Waals surface area contributed by atoms with Crippen LogP contribution in [0.15, 0.2) is 10.8 Å². The van der Waals surface area contributed by atoms with Crippen LogP contribution in [-0.2, 0) is 15.8 Å². The zero-order valence-corrected chi connectivity index (χ0v) is 14.5. The zero-order valence-electron chi connectivity index (χ0n) is 13.7. The van der Waals surface area contributed by atoms with Crippen LogP contribution in [0.1, 0.15) is 35.2 Å². The molecule has 0 saturated carbocycles. The van der Waals surface area contributed by atoms with E-state index in [1.54, 1.807) is 0 Å². The second kappa shape index (κ2) is 6.90. The molecule has 0 radical (unpaired) electrons. The maximum Gasteiger partial charge on any atom is 0.417 e. The van der Waals surface area contributed by atoms with Gasteiger partial charge in [0.15, 0.2) is 0 Å². The van der Waals surface area contributed by atoms with E-state index in [1.165, 1.54) is 15.2 Å². The second-order valence-corrected chi connectivity index (χ2v) is 7.25. The number of nitrogens with zero attached hydrogens (tertiary/aromatic N) is 2. The number of likely N-dealkylation sites (tertiary alicyclic amines) is 2. The van der Waals surface area contributed by atoms with Crippen LogP contribution >= 0.6 is 11.3 Å². The molecule has 6 nitrogen and oxygen atoms in total. The molecule has 2 aliphatic rings. The van der Waals surface area contributed by atoms with Gasteiger partial charge in [0, 0.05) is 42.9 Å². The maximum atomic E-state index is 13.0. The van der Waals surface area contributed by atoms with Gasteiger partial charge in [-0.15, -0.1) is 0 Å². The molecular weight excluding hydrogens is 373 g/mol. The third-order valence-corrected chi connectivity index (χ3v) is 5.64. The fraction of sp³-hybridized carbons (Fsp3) is 0.562. The highest BCUT2D eigenvalue weighted by Crippen LogP contribution is 2.35. The summed E-state index contributed by atoms with van der Waals surface area (Å²) in [6.07, 6.45) is -3.75. The Hall–Kier alpha value is -2.10. The monoisotopic (exact) mass is 390 g/mol. The van der Waals surface area contributed by atoms with Crippen LogP contribution in [-0.4, -0.2) is 58.4 Å². The molecule has 0 bridgehead atoms. The number of hydrogen-bond donors (Lipinski definition) is 1. The van der Waals surface area contributed by atoms with Crippen LogP contribution in [0.5, 0.6) is 0 Å². The lowest BCUT2D eigenvalue weighted by Crippen LogP contribution is -2.47. The van der Waals surface area contributed by atoms with Gasteiger partial charge in [0.1, 0.15) is 0 Å². The summed E-state index contributed by atoms with van der Waals surface area (Å²) in [5, 5.41) is 11.2. The Balaban J connectivity index is 1.63. The lowest BCUT2D eigenvalue weighted by Gasteiger charge is -2.36. The Bertz CT molecular complexity index is 725. The number of alkyl halides is 3. The molecule has 3 rings (SSSR count). The normalized spacial score (nSPS) is 22.1. The molecule has 1 aromatic rings. The molecule has 1 N–H and O–H groups in total. The molecule has 0 aromatic carbocycles. The summed E-state index contributed by atoms with van der Waals surface area (Å²) in [4.78, 5) is 38.4. The fourth-order valence-electron chi connectivity index (χ4n) is 3.48. The van der Waals surface area contributed by atoms with Crippen molar-refractivity contribution in [3.8, 4) is 0 Å². The number of carboxylic acid groups (broad SMARTS) is 1. The molecule has 10 heteroatoms. The number of carbonyl (C=O) groups excluding carboxylic acids is 2. The number of amides is 2. The Labute approximate surface area is 151 Å². The van der Waals surface area contributed by atoms with E-state index >= 15 is 0 Å².